The molecule has 0 aliphatic heterocycles. The summed E-state index contributed by atoms with van der Waals surface area (Å²) in [6, 6.07) is 14.0. The van der Waals surface area contributed by atoms with E-state index in [0.717, 1.165) is 38.8 Å². The molecule has 1 N–H and O–H groups in total. The number of fused-ring (bicyclic) bond motifs is 2. The van der Waals surface area contributed by atoms with Crippen LogP contribution in [0.25, 0.3) is 33.2 Å². The Morgan fingerprint density at radius 3 is 2.86 bits per heavy atom. The summed E-state index contributed by atoms with van der Waals surface area (Å²) in [5, 5.41) is 11.8. The summed E-state index contributed by atoms with van der Waals surface area (Å²) in [5.41, 5.74) is 4.49. The molecule has 3 heterocycles. The molecular weight excluding hydrogens is 274 g/mol. The summed E-state index contributed by atoms with van der Waals surface area (Å²) in [6.07, 6.45) is 3.77. The molecule has 108 valence electrons. The Labute approximate surface area is 127 Å². The van der Waals surface area contributed by atoms with E-state index in [0.29, 0.717) is 0 Å². The number of hydrogen-bond acceptors (Lipinski definition) is 3. The Hall–Kier alpha value is -2.72. The van der Waals surface area contributed by atoms with Crippen molar-refractivity contribution in [1.82, 2.24) is 14.5 Å². The molecule has 1 aromatic carbocycles. The van der Waals surface area contributed by atoms with Crippen LogP contribution < -0.4 is 0 Å². The number of para-hydroxylation sites is 1. The van der Waals surface area contributed by atoms with E-state index in [9.17, 15) is 5.11 Å². The summed E-state index contributed by atoms with van der Waals surface area (Å²) in [6.45, 7) is -0.0379. The maximum absolute atomic E-state index is 9.76. The van der Waals surface area contributed by atoms with Crippen LogP contribution in [0.15, 0.2) is 54.9 Å². The zero-order valence-corrected chi connectivity index (χ0v) is 12.2. The van der Waals surface area contributed by atoms with E-state index in [1.54, 1.807) is 6.20 Å². The number of aryl methyl sites for hydroxylation is 1. The molecule has 4 aromatic rings. The minimum Gasteiger partial charge on any atom is -0.392 e. The van der Waals surface area contributed by atoms with Crippen LogP contribution in [0.3, 0.4) is 0 Å². The van der Waals surface area contributed by atoms with Gasteiger partial charge in [0, 0.05) is 41.3 Å². The predicted molar refractivity (Wildman–Crippen MR) is 87.4 cm³/mol. The van der Waals surface area contributed by atoms with Gasteiger partial charge in [0.25, 0.3) is 0 Å². The number of nitrogens with zero attached hydrogens (tertiary/aromatic N) is 3. The van der Waals surface area contributed by atoms with E-state index >= 15 is 0 Å². The highest BCUT2D eigenvalue weighted by Gasteiger charge is 2.13. The fourth-order valence-corrected chi connectivity index (χ4v) is 2.88. The van der Waals surface area contributed by atoms with Crippen LogP contribution >= 0.6 is 0 Å². The molecule has 0 radical (unpaired) electrons. The van der Waals surface area contributed by atoms with Gasteiger partial charge in [-0.05, 0) is 24.3 Å². The van der Waals surface area contributed by atoms with Crippen LogP contribution in [0.5, 0.6) is 0 Å². The van der Waals surface area contributed by atoms with Crippen molar-refractivity contribution in [2.24, 2.45) is 7.05 Å². The standard InChI is InChI=1S/C18H15N3O/c1-21-9-7-15-14(6-8-19-18(15)21)17-13(11-22)10-12-4-2-3-5-16(12)20-17/h2-10,22H,11H2,1H3. The van der Waals surface area contributed by atoms with Crippen molar-refractivity contribution >= 4 is 21.9 Å². The van der Waals surface area contributed by atoms with Gasteiger partial charge in [-0.15, -0.1) is 0 Å². The molecule has 0 amide bonds. The van der Waals surface area contributed by atoms with Crippen molar-refractivity contribution in [3.8, 4) is 11.3 Å². The number of aliphatic hydroxyl groups excluding tert-OH is 1. The molecule has 0 unspecified atom stereocenters. The van der Waals surface area contributed by atoms with Crippen LogP contribution in [0.2, 0.25) is 0 Å². The van der Waals surface area contributed by atoms with Gasteiger partial charge >= 0.3 is 0 Å². The third-order valence-electron chi connectivity index (χ3n) is 4.00. The summed E-state index contributed by atoms with van der Waals surface area (Å²) < 4.78 is 1.98. The summed E-state index contributed by atoms with van der Waals surface area (Å²) in [5.74, 6) is 0. The first-order valence-corrected chi connectivity index (χ1v) is 7.18. The highest BCUT2D eigenvalue weighted by molar-refractivity contribution is 5.95. The second kappa shape index (κ2) is 4.93. The lowest BCUT2D eigenvalue weighted by molar-refractivity contribution is 0.282. The van der Waals surface area contributed by atoms with E-state index in [1.807, 2.05) is 60.3 Å². The minimum atomic E-state index is -0.0379. The summed E-state index contributed by atoms with van der Waals surface area (Å²) in [7, 11) is 1.97. The number of aromatic nitrogens is 3. The molecular formula is C18H15N3O. The average Bonchev–Trinajstić information content (AvgIpc) is 2.95. The number of hydrogen-bond donors (Lipinski definition) is 1. The molecule has 4 rings (SSSR count). The number of pyridine rings is 2. The van der Waals surface area contributed by atoms with Crippen molar-refractivity contribution in [3.05, 3.63) is 60.4 Å². The normalized spacial score (nSPS) is 11.4. The van der Waals surface area contributed by atoms with Gasteiger partial charge in [0.15, 0.2) is 0 Å². The van der Waals surface area contributed by atoms with E-state index in [4.69, 9.17) is 4.98 Å². The third kappa shape index (κ3) is 1.89. The van der Waals surface area contributed by atoms with Crippen molar-refractivity contribution in [3.63, 3.8) is 0 Å². The molecule has 3 aromatic heterocycles. The lowest BCUT2D eigenvalue weighted by Gasteiger charge is -2.10. The summed E-state index contributed by atoms with van der Waals surface area (Å²) >= 11 is 0. The van der Waals surface area contributed by atoms with Crippen LogP contribution in [-0.4, -0.2) is 19.6 Å². The van der Waals surface area contributed by atoms with Gasteiger partial charge in [-0.2, -0.15) is 0 Å². The van der Waals surface area contributed by atoms with Gasteiger partial charge < -0.3 is 9.67 Å². The molecule has 0 atom stereocenters. The lowest BCUT2D eigenvalue weighted by atomic mass is 10.0. The number of aliphatic hydroxyl groups is 1. The van der Waals surface area contributed by atoms with Crippen molar-refractivity contribution in [2.45, 2.75) is 6.61 Å². The van der Waals surface area contributed by atoms with Gasteiger partial charge in [-0.3, -0.25) is 0 Å². The van der Waals surface area contributed by atoms with Crippen LogP contribution in [-0.2, 0) is 13.7 Å². The van der Waals surface area contributed by atoms with Gasteiger partial charge in [0.05, 0.1) is 17.8 Å². The van der Waals surface area contributed by atoms with Gasteiger partial charge in [0.2, 0.25) is 0 Å². The molecule has 0 saturated carbocycles. The Kier molecular flexibility index (Phi) is 2.91. The number of benzene rings is 1. The molecule has 0 bridgehead atoms. The van der Waals surface area contributed by atoms with Gasteiger partial charge in [0.1, 0.15) is 5.65 Å². The quantitative estimate of drug-likeness (QED) is 0.616. The zero-order valence-electron chi connectivity index (χ0n) is 12.2. The van der Waals surface area contributed by atoms with Crippen molar-refractivity contribution in [2.75, 3.05) is 0 Å². The first-order valence-electron chi connectivity index (χ1n) is 7.18. The number of rotatable bonds is 2. The summed E-state index contributed by atoms with van der Waals surface area (Å²) in [4.78, 5) is 9.20. The SMILES string of the molecule is Cn1ccc2c(-c3nc4ccccc4cc3CO)ccnc21. The van der Waals surface area contributed by atoms with Crippen molar-refractivity contribution < 1.29 is 5.11 Å². The van der Waals surface area contributed by atoms with Gasteiger partial charge in [-0.1, -0.05) is 18.2 Å². The van der Waals surface area contributed by atoms with Crippen LogP contribution in [0.4, 0.5) is 0 Å². The Balaban J connectivity index is 2.07. The molecule has 0 fully saturated rings. The van der Waals surface area contributed by atoms with E-state index < -0.39 is 0 Å². The van der Waals surface area contributed by atoms with Crippen LogP contribution in [0, 0.1) is 0 Å². The molecule has 4 nitrogen and oxygen atoms in total. The molecule has 22 heavy (non-hydrogen) atoms. The first-order chi connectivity index (χ1) is 10.8. The molecule has 0 saturated heterocycles. The largest absolute Gasteiger partial charge is 0.392 e. The fraction of sp³-hybridized carbons (Fsp3) is 0.111. The monoisotopic (exact) mass is 289 g/mol. The topological polar surface area (TPSA) is 50.9 Å². The second-order valence-electron chi connectivity index (χ2n) is 5.37. The fourth-order valence-electron chi connectivity index (χ4n) is 2.88. The molecule has 0 aliphatic carbocycles. The maximum Gasteiger partial charge on any atom is 0.140 e. The van der Waals surface area contributed by atoms with Gasteiger partial charge in [-0.25, -0.2) is 9.97 Å². The minimum absolute atomic E-state index is 0.0379. The average molecular weight is 289 g/mol. The molecule has 0 spiro atoms. The maximum atomic E-state index is 9.76. The molecule has 4 heteroatoms. The highest BCUT2D eigenvalue weighted by Crippen LogP contribution is 2.31. The Bertz CT molecular complexity index is 988. The van der Waals surface area contributed by atoms with Crippen molar-refractivity contribution in [1.29, 1.82) is 0 Å². The molecule has 0 aliphatic rings. The zero-order chi connectivity index (χ0) is 15.1. The Morgan fingerprint density at radius 2 is 2.00 bits per heavy atom. The Morgan fingerprint density at radius 1 is 1.14 bits per heavy atom. The van der Waals surface area contributed by atoms with E-state index in [2.05, 4.69) is 4.98 Å². The third-order valence-corrected chi connectivity index (χ3v) is 4.00. The van der Waals surface area contributed by atoms with E-state index in [1.165, 1.54) is 0 Å². The highest BCUT2D eigenvalue weighted by atomic mass is 16.3. The van der Waals surface area contributed by atoms with Crippen LogP contribution in [0.1, 0.15) is 5.56 Å². The first kappa shape index (κ1) is 13.0. The van der Waals surface area contributed by atoms with E-state index in [-0.39, 0.29) is 6.61 Å². The lowest BCUT2D eigenvalue weighted by Crippen LogP contribution is -1.96. The smallest absolute Gasteiger partial charge is 0.140 e. The predicted octanol–water partition coefficient (Wildman–Crippen LogP) is 3.28. The second-order valence-corrected chi connectivity index (χ2v) is 5.37.